The maximum absolute atomic E-state index is 13.7. The monoisotopic (exact) mass is 641 g/mol. The number of thioether (sulfide) groups is 1. The van der Waals surface area contributed by atoms with Gasteiger partial charge >= 0.3 is 5.91 Å². The van der Waals surface area contributed by atoms with Gasteiger partial charge in [-0.05, 0) is 73.2 Å². The summed E-state index contributed by atoms with van der Waals surface area (Å²) in [5, 5.41) is 20.7. The average Bonchev–Trinajstić information content (AvgIpc) is 3.71. The van der Waals surface area contributed by atoms with E-state index in [4.69, 9.17) is 9.47 Å². The molecule has 0 bridgehead atoms. The highest BCUT2D eigenvalue weighted by atomic mass is 32.2. The van der Waals surface area contributed by atoms with Crippen LogP contribution in [0.4, 0.5) is 5.13 Å². The molecule has 1 N–H and O–H groups in total. The molecule has 0 radical (unpaired) electrons. The van der Waals surface area contributed by atoms with Crippen LogP contribution in [0.1, 0.15) is 61.1 Å². The Labute approximate surface area is 271 Å². The van der Waals surface area contributed by atoms with E-state index in [2.05, 4.69) is 48.3 Å². The van der Waals surface area contributed by atoms with Crippen LogP contribution < -0.4 is 14.4 Å². The fourth-order valence-electron chi connectivity index (χ4n) is 5.44. The number of aliphatic hydroxyl groups is 1. The number of hydrogen-bond acceptors (Lipinski definition) is 9. The summed E-state index contributed by atoms with van der Waals surface area (Å²) in [7, 11) is 0. The third-order valence-corrected chi connectivity index (χ3v) is 9.96. The molecule has 0 spiro atoms. The first-order valence-corrected chi connectivity index (χ1v) is 16.8. The molecule has 3 heterocycles. The Morgan fingerprint density at radius 3 is 2.69 bits per heavy atom. The Kier molecular flexibility index (Phi) is 8.96. The molecule has 2 unspecified atom stereocenters. The Morgan fingerprint density at radius 1 is 1.11 bits per heavy atom. The maximum atomic E-state index is 13.7. The molecule has 2 aliphatic heterocycles. The minimum absolute atomic E-state index is 0.00435. The molecule has 232 valence electrons. The van der Waals surface area contributed by atoms with Gasteiger partial charge in [-0.25, -0.2) is 0 Å². The van der Waals surface area contributed by atoms with Crippen LogP contribution >= 0.6 is 23.1 Å². The number of ketones is 1. The minimum atomic E-state index is -0.926. The quantitative estimate of drug-likeness (QED) is 0.0624. The SMILES string of the molecule is Cc1ccc(CSc2nnc(N3C(=O)C(=O)/C(=C(\O)c4ccc5c(c4)CC(C)O5)C3c3cccc(OCCC(C)C)c3)s2)cc1. The van der Waals surface area contributed by atoms with Gasteiger partial charge in [-0.3, -0.25) is 14.5 Å². The molecule has 0 aliphatic carbocycles. The van der Waals surface area contributed by atoms with E-state index < -0.39 is 17.7 Å². The molecule has 10 heteroatoms. The van der Waals surface area contributed by atoms with Gasteiger partial charge in [0.05, 0.1) is 18.2 Å². The lowest BCUT2D eigenvalue weighted by atomic mass is 9.94. The molecule has 8 nitrogen and oxygen atoms in total. The van der Waals surface area contributed by atoms with Crippen molar-refractivity contribution in [2.24, 2.45) is 5.92 Å². The Bertz CT molecular complexity index is 1770. The summed E-state index contributed by atoms with van der Waals surface area (Å²) >= 11 is 2.76. The maximum Gasteiger partial charge on any atom is 0.301 e. The highest BCUT2D eigenvalue weighted by molar-refractivity contribution is 8.00. The van der Waals surface area contributed by atoms with Crippen molar-refractivity contribution in [1.82, 2.24) is 10.2 Å². The lowest BCUT2D eigenvalue weighted by molar-refractivity contribution is -0.132. The molecular formula is C35H35N3O5S2. The second-order valence-electron chi connectivity index (χ2n) is 11.9. The molecule has 1 amide bonds. The summed E-state index contributed by atoms with van der Waals surface area (Å²) in [6.45, 7) is 8.83. The number of Topliss-reactive ketones (excluding diaryl/α,β-unsaturated/α-hetero) is 1. The second-order valence-corrected chi connectivity index (χ2v) is 14.0. The van der Waals surface area contributed by atoms with E-state index in [1.165, 1.54) is 33.6 Å². The summed E-state index contributed by atoms with van der Waals surface area (Å²) in [5.41, 5.74) is 4.35. The highest BCUT2D eigenvalue weighted by Gasteiger charge is 2.48. The summed E-state index contributed by atoms with van der Waals surface area (Å²) < 4.78 is 12.5. The van der Waals surface area contributed by atoms with Crippen molar-refractivity contribution < 1.29 is 24.2 Å². The van der Waals surface area contributed by atoms with Crippen molar-refractivity contribution in [3.05, 3.63) is 100 Å². The number of aliphatic hydroxyl groups excluding tert-OH is 1. The standard InChI is InChI=1S/C35H35N3O5S2/c1-20(2)14-15-42-27-7-5-6-24(18-27)30-29(31(39)25-12-13-28-26(17-25)16-22(4)43-28)32(40)33(41)38(30)34-36-37-35(45-34)44-19-23-10-8-21(3)9-11-23/h5-13,17-18,20,22,30,39H,14-16,19H2,1-4H3/b31-29-. The van der Waals surface area contributed by atoms with Crippen LogP contribution in [0.25, 0.3) is 5.76 Å². The topological polar surface area (TPSA) is 102 Å². The van der Waals surface area contributed by atoms with Crippen LogP contribution in [0.3, 0.4) is 0 Å². The third kappa shape index (κ3) is 6.62. The van der Waals surface area contributed by atoms with Gasteiger partial charge in [0.2, 0.25) is 5.13 Å². The number of benzene rings is 3. The number of rotatable bonds is 10. The first kappa shape index (κ1) is 30.9. The number of carbonyl (C=O) groups excluding carboxylic acids is 2. The fraction of sp³-hybridized carbons (Fsp3) is 0.314. The third-order valence-electron chi connectivity index (χ3n) is 7.84. The number of ether oxygens (including phenoxy) is 2. The zero-order chi connectivity index (χ0) is 31.7. The Balaban J connectivity index is 1.37. The number of hydrogen-bond donors (Lipinski definition) is 1. The normalized spacial score (nSPS) is 18.8. The van der Waals surface area contributed by atoms with Gasteiger partial charge < -0.3 is 14.6 Å². The van der Waals surface area contributed by atoms with Gasteiger partial charge in [0, 0.05) is 17.7 Å². The molecule has 6 rings (SSSR count). The van der Waals surface area contributed by atoms with Crippen molar-refractivity contribution in [3.8, 4) is 11.5 Å². The number of anilines is 1. The fourth-order valence-corrected chi connectivity index (χ4v) is 7.27. The molecule has 1 saturated heterocycles. The number of nitrogens with zero attached hydrogens (tertiary/aromatic N) is 3. The second kappa shape index (κ2) is 13.1. The summed E-state index contributed by atoms with van der Waals surface area (Å²) in [5.74, 6) is 0.757. The van der Waals surface area contributed by atoms with E-state index in [9.17, 15) is 14.7 Å². The van der Waals surface area contributed by atoms with Crippen molar-refractivity contribution >= 4 is 45.7 Å². The van der Waals surface area contributed by atoms with Gasteiger partial charge in [-0.1, -0.05) is 78.9 Å². The molecule has 4 aromatic rings. The lowest BCUT2D eigenvalue weighted by Crippen LogP contribution is -2.29. The van der Waals surface area contributed by atoms with Crippen molar-refractivity contribution in [2.45, 2.75) is 62.8 Å². The highest BCUT2D eigenvalue weighted by Crippen LogP contribution is 2.45. The summed E-state index contributed by atoms with van der Waals surface area (Å²) in [6, 6.07) is 20.0. The van der Waals surface area contributed by atoms with Crippen LogP contribution in [0.15, 0.2) is 76.6 Å². The smallest absolute Gasteiger partial charge is 0.301 e. The number of carbonyl (C=O) groups is 2. The van der Waals surface area contributed by atoms with Gasteiger partial charge in [-0.15, -0.1) is 10.2 Å². The van der Waals surface area contributed by atoms with E-state index in [1.807, 2.05) is 44.2 Å². The van der Waals surface area contributed by atoms with Crippen LogP contribution in [-0.2, 0) is 21.8 Å². The predicted octanol–water partition coefficient (Wildman–Crippen LogP) is 7.51. The molecule has 45 heavy (non-hydrogen) atoms. The number of aryl methyl sites for hydroxylation is 1. The zero-order valence-electron chi connectivity index (χ0n) is 25.6. The van der Waals surface area contributed by atoms with Gasteiger partial charge in [-0.2, -0.15) is 0 Å². The Hall–Kier alpha value is -4.15. The molecule has 3 aromatic carbocycles. The van der Waals surface area contributed by atoms with E-state index in [0.717, 1.165) is 23.3 Å². The molecule has 0 saturated carbocycles. The van der Waals surface area contributed by atoms with E-state index in [-0.39, 0.29) is 22.6 Å². The largest absolute Gasteiger partial charge is 0.507 e. The van der Waals surface area contributed by atoms with Crippen LogP contribution in [-0.4, -0.2) is 39.7 Å². The van der Waals surface area contributed by atoms with Crippen molar-refractivity contribution in [2.75, 3.05) is 11.5 Å². The minimum Gasteiger partial charge on any atom is -0.507 e. The zero-order valence-corrected chi connectivity index (χ0v) is 27.3. The summed E-state index contributed by atoms with van der Waals surface area (Å²) in [6.07, 6.45) is 1.60. The van der Waals surface area contributed by atoms with Crippen LogP contribution in [0.2, 0.25) is 0 Å². The predicted molar refractivity (Wildman–Crippen MR) is 177 cm³/mol. The average molecular weight is 642 g/mol. The lowest BCUT2D eigenvalue weighted by Gasteiger charge is -2.23. The van der Waals surface area contributed by atoms with Gasteiger partial charge in [0.15, 0.2) is 4.34 Å². The van der Waals surface area contributed by atoms with Gasteiger partial charge in [0.1, 0.15) is 23.4 Å². The molecule has 2 aliphatic rings. The van der Waals surface area contributed by atoms with Crippen molar-refractivity contribution in [1.29, 1.82) is 0 Å². The molecule has 1 fully saturated rings. The summed E-state index contributed by atoms with van der Waals surface area (Å²) in [4.78, 5) is 28.8. The van der Waals surface area contributed by atoms with E-state index in [1.54, 1.807) is 12.1 Å². The number of fused-ring (bicyclic) bond motifs is 1. The Morgan fingerprint density at radius 2 is 1.91 bits per heavy atom. The van der Waals surface area contributed by atoms with Crippen LogP contribution in [0, 0.1) is 12.8 Å². The van der Waals surface area contributed by atoms with E-state index >= 15 is 0 Å². The molecule has 1 aromatic heterocycles. The number of amides is 1. The van der Waals surface area contributed by atoms with Gasteiger partial charge in [0.25, 0.3) is 5.78 Å². The van der Waals surface area contributed by atoms with E-state index in [0.29, 0.717) is 45.9 Å². The van der Waals surface area contributed by atoms with Crippen LogP contribution in [0.5, 0.6) is 11.5 Å². The first-order valence-electron chi connectivity index (χ1n) is 15.0. The van der Waals surface area contributed by atoms with Crippen molar-refractivity contribution in [3.63, 3.8) is 0 Å². The first-order chi connectivity index (χ1) is 21.7. The molecular weight excluding hydrogens is 607 g/mol. The number of aromatic nitrogens is 2. The molecule has 2 atom stereocenters.